The predicted molar refractivity (Wildman–Crippen MR) is 82.3 cm³/mol. The third-order valence-electron chi connectivity index (χ3n) is 3.91. The minimum Gasteiger partial charge on any atom is -0.315 e. The maximum Gasteiger partial charge on any atom is 0.150 e. The third kappa shape index (κ3) is 3.58. The van der Waals surface area contributed by atoms with Gasteiger partial charge in [-0.15, -0.1) is 0 Å². The van der Waals surface area contributed by atoms with Gasteiger partial charge in [-0.1, -0.05) is 35.0 Å². The molecule has 1 fully saturated rings. The van der Waals surface area contributed by atoms with Crippen molar-refractivity contribution in [2.24, 2.45) is 0 Å². The summed E-state index contributed by atoms with van der Waals surface area (Å²) in [5.41, 5.74) is 1.42. The molecule has 19 heavy (non-hydrogen) atoms. The van der Waals surface area contributed by atoms with Crippen molar-refractivity contribution in [2.75, 3.05) is 24.6 Å². The Bertz CT molecular complexity index is 538. The normalized spacial score (nSPS) is 18.0. The van der Waals surface area contributed by atoms with E-state index in [-0.39, 0.29) is 11.2 Å². The van der Waals surface area contributed by atoms with E-state index in [0.29, 0.717) is 5.75 Å². The number of rotatable bonds is 6. The highest BCUT2D eigenvalue weighted by atomic mass is 79.9. The maximum absolute atomic E-state index is 11.6. The number of benzene rings is 1. The molecule has 1 aliphatic heterocycles. The molecule has 1 saturated heterocycles. The molecule has 0 amide bonds. The topological polar surface area (TPSA) is 46.2 Å². The number of nitrogens with one attached hydrogen (secondary N) is 1. The molecule has 106 valence electrons. The molecule has 0 radical (unpaired) electrons. The molecular weight excluding hydrogens is 326 g/mol. The van der Waals surface area contributed by atoms with Crippen LogP contribution in [0.3, 0.4) is 0 Å². The molecule has 0 spiro atoms. The van der Waals surface area contributed by atoms with E-state index in [1.165, 1.54) is 5.56 Å². The van der Waals surface area contributed by atoms with Crippen LogP contribution in [0.4, 0.5) is 0 Å². The Kier molecular flexibility index (Phi) is 4.69. The molecule has 0 bridgehead atoms. The SMILES string of the molecule is CCS(=O)(=O)CCCC1(c2cccc(Br)c2)CNC1. The van der Waals surface area contributed by atoms with Crippen molar-refractivity contribution in [1.82, 2.24) is 5.32 Å². The Hall–Kier alpha value is -0.390. The molecule has 1 aliphatic rings. The second-order valence-corrected chi connectivity index (χ2v) is 8.62. The van der Waals surface area contributed by atoms with Gasteiger partial charge in [-0.05, 0) is 30.5 Å². The van der Waals surface area contributed by atoms with E-state index in [4.69, 9.17) is 0 Å². The van der Waals surface area contributed by atoms with Crippen LogP contribution in [0.15, 0.2) is 28.7 Å². The Balaban J connectivity index is 2.04. The molecule has 0 aliphatic carbocycles. The third-order valence-corrected chi connectivity index (χ3v) is 6.20. The molecule has 5 heteroatoms. The van der Waals surface area contributed by atoms with Crippen molar-refractivity contribution >= 4 is 25.8 Å². The smallest absolute Gasteiger partial charge is 0.150 e. The quantitative estimate of drug-likeness (QED) is 0.861. The molecular formula is C14H20BrNO2S. The Labute approximate surface area is 123 Å². The Morgan fingerprint density at radius 3 is 2.63 bits per heavy atom. The van der Waals surface area contributed by atoms with Gasteiger partial charge in [-0.2, -0.15) is 0 Å². The zero-order valence-electron chi connectivity index (χ0n) is 11.2. The lowest BCUT2D eigenvalue weighted by molar-refractivity contribution is 0.256. The van der Waals surface area contributed by atoms with Crippen LogP contribution in [0.1, 0.15) is 25.3 Å². The maximum atomic E-state index is 11.6. The summed E-state index contributed by atoms with van der Waals surface area (Å²) in [5, 5.41) is 3.32. The minimum absolute atomic E-state index is 0.118. The predicted octanol–water partition coefficient (Wildman–Crippen LogP) is 2.50. The van der Waals surface area contributed by atoms with Gasteiger partial charge < -0.3 is 5.32 Å². The van der Waals surface area contributed by atoms with Crippen LogP contribution in [0.5, 0.6) is 0 Å². The van der Waals surface area contributed by atoms with Crippen LogP contribution in [-0.2, 0) is 15.3 Å². The molecule has 0 saturated carbocycles. The molecule has 3 nitrogen and oxygen atoms in total. The van der Waals surface area contributed by atoms with Crippen molar-refractivity contribution < 1.29 is 8.42 Å². The van der Waals surface area contributed by atoms with Gasteiger partial charge in [0.05, 0.1) is 5.75 Å². The number of halogens is 1. The monoisotopic (exact) mass is 345 g/mol. The average molecular weight is 346 g/mol. The zero-order chi connectivity index (χ0) is 13.9. The lowest BCUT2D eigenvalue weighted by Gasteiger charge is -2.43. The summed E-state index contributed by atoms with van der Waals surface area (Å²) in [7, 11) is -2.85. The number of hydrogen-bond acceptors (Lipinski definition) is 3. The average Bonchev–Trinajstić information content (AvgIpc) is 2.32. The largest absolute Gasteiger partial charge is 0.315 e. The number of hydrogen-bond donors (Lipinski definition) is 1. The summed E-state index contributed by atoms with van der Waals surface area (Å²) in [4.78, 5) is 0. The highest BCUT2D eigenvalue weighted by molar-refractivity contribution is 9.10. The van der Waals surface area contributed by atoms with E-state index in [0.717, 1.165) is 30.4 Å². The fourth-order valence-corrected chi connectivity index (χ4v) is 3.82. The highest BCUT2D eigenvalue weighted by Gasteiger charge is 2.38. The van der Waals surface area contributed by atoms with Gasteiger partial charge in [0.1, 0.15) is 9.84 Å². The Morgan fingerprint density at radius 1 is 1.37 bits per heavy atom. The van der Waals surface area contributed by atoms with Crippen LogP contribution in [0.25, 0.3) is 0 Å². The van der Waals surface area contributed by atoms with Gasteiger partial charge >= 0.3 is 0 Å². The standard InChI is InChI=1S/C14H20BrNO2S/c1-2-19(17,18)8-4-7-14(10-16-11-14)12-5-3-6-13(15)9-12/h3,5-6,9,16H,2,4,7-8,10-11H2,1H3. The second kappa shape index (κ2) is 5.94. The number of sulfone groups is 1. The van der Waals surface area contributed by atoms with Crippen LogP contribution < -0.4 is 5.32 Å². The summed E-state index contributed by atoms with van der Waals surface area (Å²) in [5.74, 6) is 0.550. The van der Waals surface area contributed by atoms with Gasteiger partial charge in [-0.25, -0.2) is 8.42 Å². The van der Waals surface area contributed by atoms with Crippen LogP contribution in [0, 0.1) is 0 Å². The van der Waals surface area contributed by atoms with E-state index in [1.807, 2.05) is 12.1 Å². The summed E-state index contributed by atoms with van der Waals surface area (Å²) in [6.45, 7) is 3.59. The van der Waals surface area contributed by atoms with Gasteiger partial charge in [-0.3, -0.25) is 0 Å². The molecule has 1 aromatic carbocycles. The van der Waals surface area contributed by atoms with Crippen LogP contribution >= 0.6 is 15.9 Å². The van der Waals surface area contributed by atoms with Crippen molar-refractivity contribution in [1.29, 1.82) is 0 Å². The lowest BCUT2D eigenvalue weighted by atomic mass is 9.72. The molecule has 1 N–H and O–H groups in total. The first-order valence-electron chi connectivity index (χ1n) is 6.65. The van der Waals surface area contributed by atoms with Crippen molar-refractivity contribution in [2.45, 2.75) is 25.2 Å². The lowest BCUT2D eigenvalue weighted by Crippen LogP contribution is -2.56. The first-order chi connectivity index (χ1) is 8.97. The molecule has 1 heterocycles. The molecule has 0 atom stereocenters. The van der Waals surface area contributed by atoms with Crippen molar-refractivity contribution in [3.63, 3.8) is 0 Å². The van der Waals surface area contributed by atoms with Gasteiger partial charge in [0.15, 0.2) is 0 Å². The van der Waals surface area contributed by atoms with E-state index in [2.05, 4.69) is 33.4 Å². The van der Waals surface area contributed by atoms with Crippen LogP contribution in [0.2, 0.25) is 0 Å². The minimum atomic E-state index is -2.85. The second-order valence-electron chi connectivity index (χ2n) is 5.23. The van der Waals surface area contributed by atoms with E-state index in [1.54, 1.807) is 6.92 Å². The fraction of sp³-hybridized carbons (Fsp3) is 0.571. The van der Waals surface area contributed by atoms with E-state index < -0.39 is 9.84 Å². The summed E-state index contributed by atoms with van der Waals surface area (Å²) in [6, 6.07) is 8.35. The van der Waals surface area contributed by atoms with Gasteiger partial charge in [0.2, 0.25) is 0 Å². The van der Waals surface area contributed by atoms with Crippen molar-refractivity contribution in [3.8, 4) is 0 Å². The first-order valence-corrected chi connectivity index (χ1v) is 9.26. The first kappa shape index (κ1) is 15.0. The van der Waals surface area contributed by atoms with E-state index in [9.17, 15) is 8.42 Å². The Morgan fingerprint density at radius 2 is 2.11 bits per heavy atom. The van der Waals surface area contributed by atoms with E-state index >= 15 is 0 Å². The zero-order valence-corrected chi connectivity index (χ0v) is 13.6. The summed E-state index contributed by atoms with van der Waals surface area (Å²) < 4.78 is 24.2. The highest BCUT2D eigenvalue weighted by Crippen LogP contribution is 2.34. The van der Waals surface area contributed by atoms with Crippen molar-refractivity contribution in [3.05, 3.63) is 34.3 Å². The molecule has 0 aromatic heterocycles. The summed E-state index contributed by atoms with van der Waals surface area (Å²) in [6.07, 6.45) is 1.67. The molecule has 2 rings (SSSR count). The van der Waals surface area contributed by atoms with Gasteiger partial charge in [0, 0.05) is 28.7 Å². The fourth-order valence-electron chi connectivity index (χ4n) is 2.55. The van der Waals surface area contributed by atoms with Crippen LogP contribution in [-0.4, -0.2) is 33.0 Å². The summed E-state index contributed by atoms with van der Waals surface area (Å²) >= 11 is 3.50. The molecule has 1 aromatic rings. The molecule has 0 unspecified atom stereocenters. The van der Waals surface area contributed by atoms with Gasteiger partial charge in [0.25, 0.3) is 0 Å².